The van der Waals surface area contributed by atoms with Crippen LogP contribution in [0, 0.1) is 13.8 Å². The highest BCUT2D eigenvalue weighted by Gasteiger charge is 2.16. The smallest absolute Gasteiger partial charge is 0.252 e. The van der Waals surface area contributed by atoms with Gasteiger partial charge in [0.05, 0.1) is 28.0 Å². The Hall–Kier alpha value is -2.99. The molecule has 4 aromatic rings. The second-order valence-corrected chi connectivity index (χ2v) is 7.87. The predicted molar refractivity (Wildman–Crippen MR) is 114 cm³/mol. The lowest BCUT2D eigenvalue weighted by Gasteiger charge is -2.12. The Labute approximate surface area is 168 Å². The maximum atomic E-state index is 13.0. The number of benzene rings is 1. The molecule has 0 atom stereocenters. The molecule has 142 valence electrons. The van der Waals surface area contributed by atoms with Crippen LogP contribution in [0.5, 0.6) is 0 Å². The molecule has 3 heterocycles. The van der Waals surface area contributed by atoms with Crippen molar-refractivity contribution in [2.24, 2.45) is 0 Å². The SMILES string of the molecule is Cc1cc(C)c2nc(-c3cccs3)cc(C(=O)NCCCn3ccnc3)c2c1. The first-order valence-electron chi connectivity index (χ1n) is 9.31. The van der Waals surface area contributed by atoms with Gasteiger partial charge in [-0.25, -0.2) is 9.97 Å². The molecule has 0 unspecified atom stereocenters. The van der Waals surface area contributed by atoms with E-state index >= 15 is 0 Å². The van der Waals surface area contributed by atoms with Crippen molar-refractivity contribution in [3.05, 3.63) is 71.1 Å². The van der Waals surface area contributed by atoms with Gasteiger partial charge in [-0.15, -0.1) is 11.3 Å². The van der Waals surface area contributed by atoms with Gasteiger partial charge in [-0.1, -0.05) is 17.7 Å². The third kappa shape index (κ3) is 3.82. The van der Waals surface area contributed by atoms with Crippen LogP contribution in [0.1, 0.15) is 27.9 Å². The fourth-order valence-electron chi connectivity index (χ4n) is 3.40. The highest BCUT2D eigenvalue weighted by atomic mass is 32.1. The van der Waals surface area contributed by atoms with Gasteiger partial charge in [0.1, 0.15) is 0 Å². The molecule has 0 bridgehead atoms. The fourth-order valence-corrected chi connectivity index (χ4v) is 4.08. The van der Waals surface area contributed by atoms with Crippen molar-refractivity contribution in [3.8, 4) is 10.6 Å². The van der Waals surface area contributed by atoms with Crippen LogP contribution >= 0.6 is 11.3 Å². The molecule has 0 radical (unpaired) electrons. The van der Waals surface area contributed by atoms with Crippen molar-refractivity contribution < 1.29 is 4.79 Å². The number of hydrogen-bond donors (Lipinski definition) is 1. The zero-order chi connectivity index (χ0) is 19.5. The summed E-state index contributed by atoms with van der Waals surface area (Å²) in [6, 6.07) is 10.1. The minimum absolute atomic E-state index is 0.0548. The van der Waals surface area contributed by atoms with Gasteiger partial charge in [0.2, 0.25) is 0 Å². The highest BCUT2D eigenvalue weighted by molar-refractivity contribution is 7.13. The lowest BCUT2D eigenvalue weighted by Crippen LogP contribution is -2.25. The van der Waals surface area contributed by atoms with Gasteiger partial charge < -0.3 is 9.88 Å². The van der Waals surface area contributed by atoms with E-state index in [1.807, 2.05) is 54.3 Å². The summed E-state index contributed by atoms with van der Waals surface area (Å²) >= 11 is 1.63. The van der Waals surface area contributed by atoms with Crippen LogP contribution in [0.25, 0.3) is 21.5 Å². The molecule has 3 aromatic heterocycles. The van der Waals surface area contributed by atoms with Crippen molar-refractivity contribution in [1.29, 1.82) is 0 Å². The molecule has 0 aliphatic rings. The van der Waals surface area contributed by atoms with Crippen LogP contribution in [-0.4, -0.2) is 27.0 Å². The lowest BCUT2D eigenvalue weighted by atomic mass is 10.0. The van der Waals surface area contributed by atoms with Gasteiger partial charge in [-0.2, -0.15) is 0 Å². The number of pyridine rings is 1. The first-order valence-corrected chi connectivity index (χ1v) is 10.2. The molecular weight excluding hydrogens is 368 g/mol. The molecule has 0 saturated carbocycles. The Morgan fingerprint density at radius 2 is 2.14 bits per heavy atom. The Bertz CT molecular complexity index is 1100. The molecule has 1 amide bonds. The van der Waals surface area contributed by atoms with Crippen LogP contribution in [0.2, 0.25) is 0 Å². The van der Waals surface area contributed by atoms with Gasteiger partial charge in [-0.3, -0.25) is 4.79 Å². The van der Waals surface area contributed by atoms with Crippen molar-refractivity contribution in [3.63, 3.8) is 0 Å². The third-order valence-electron chi connectivity index (χ3n) is 4.70. The third-order valence-corrected chi connectivity index (χ3v) is 5.60. The van der Waals surface area contributed by atoms with Crippen molar-refractivity contribution in [2.45, 2.75) is 26.8 Å². The van der Waals surface area contributed by atoms with E-state index in [0.717, 1.165) is 45.6 Å². The zero-order valence-electron chi connectivity index (χ0n) is 16.0. The second-order valence-electron chi connectivity index (χ2n) is 6.92. The van der Waals surface area contributed by atoms with E-state index in [-0.39, 0.29) is 5.91 Å². The van der Waals surface area contributed by atoms with Crippen LogP contribution in [0.4, 0.5) is 0 Å². The van der Waals surface area contributed by atoms with Gasteiger partial charge in [0.15, 0.2) is 0 Å². The standard InChI is InChI=1S/C22H22N4OS/c1-15-11-16(2)21-17(12-15)18(13-19(25-21)20-5-3-10-28-20)22(27)24-6-4-8-26-9-7-23-14-26/h3,5,7,9-14H,4,6,8H2,1-2H3,(H,24,27). The molecule has 0 saturated heterocycles. The quantitative estimate of drug-likeness (QED) is 0.490. The summed E-state index contributed by atoms with van der Waals surface area (Å²) in [5, 5.41) is 6.00. The number of imidazole rings is 1. The molecule has 0 aliphatic carbocycles. The van der Waals surface area contributed by atoms with Gasteiger partial charge in [0.25, 0.3) is 5.91 Å². The first-order chi connectivity index (χ1) is 13.6. The van der Waals surface area contributed by atoms with E-state index in [4.69, 9.17) is 4.98 Å². The predicted octanol–water partition coefficient (Wildman–Crippen LogP) is 4.60. The molecule has 0 fully saturated rings. The van der Waals surface area contributed by atoms with Crippen molar-refractivity contribution in [1.82, 2.24) is 19.9 Å². The highest BCUT2D eigenvalue weighted by Crippen LogP contribution is 2.30. The van der Waals surface area contributed by atoms with E-state index in [1.165, 1.54) is 0 Å². The summed E-state index contributed by atoms with van der Waals surface area (Å²) in [5.74, 6) is -0.0548. The summed E-state index contributed by atoms with van der Waals surface area (Å²) in [7, 11) is 0. The summed E-state index contributed by atoms with van der Waals surface area (Å²) in [6.07, 6.45) is 6.33. The first kappa shape index (κ1) is 18.4. The Kier molecular flexibility index (Phi) is 5.21. The Morgan fingerprint density at radius 1 is 1.25 bits per heavy atom. The molecule has 1 aromatic carbocycles. The van der Waals surface area contributed by atoms with Gasteiger partial charge in [-0.05, 0) is 49.4 Å². The summed E-state index contributed by atoms with van der Waals surface area (Å²) in [5.41, 5.74) is 4.63. The molecule has 6 heteroatoms. The number of carbonyl (C=O) groups excluding carboxylic acids is 1. The second kappa shape index (κ2) is 7.94. The number of carbonyl (C=O) groups is 1. The Morgan fingerprint density at radius 3 is 2.89 bits per heavy atom. The maximum absolute atomic E-state index is 13.0. The minimum atomic E-state index is -0.0548. The normalized spacial score (nSPS) is 11.1. The molecule has 1 N–H and O–H groups in total. The monoisotopic (exact) mass is 390 g/mol. The zero-order valence-corrected chi connectivity index (χ0v) is 16.8. The largest absolute Gasteiger partial charge is 0.352 e. The van der Waals surface area contributed by atoms with E-state index in [2.05, 4.69) is 16.4 Å². The average molecular weight is 391 g/mol. The number of rotatable bonds is 6. The number of fused-ring (bicyclic) bond motifs is 1. The van der Waals surface area contributed by atoms with E-state index < -0.39 is 0 Å². The number of thiophene rings is 1. The summed E-state index contributed by atoms with van der Waals surface area (Å²) in [4.78, 5) is 23.0. The molecular formula is C22H22N4OS. The van der Waals surface area contributed by atoms with Crippen LogP contribution in [0.15, 0.2) is 54.4 Å². The average Bonchev–Trinajstić information content (AvgIpc) is 3.38. The van der Waals surface area contributed by atoms with E-state index in [9.17, 15) is 4.79 Å². The molecule has 0 spiro atoms. The number of nitrogens with zero attached hydrogens (tertiary/aromatic N) is 3. The number of nitrogens with one attached hydrogen (secondary N) is 1. The number of aromatic nitrogens is 3. The van der Waals surface area contributed by atoms with Crippen LogP contribution in [-0.2, 0) is 6.54 Å². The fraction of sp³-hybridized carbons (Fsp3) is 0.227. The number of aryl methyl sites for hydroxylation is 3. The molecule has 5 nitrogen and oxygen atoms in total. The number of hydrogen-bond acceptors (Lipinski definition) is 4. The Balaban J connectivity index is 1.63. The molecule has 0 aliphatic heterocycles. The van der Waals surface area contributed by atoms with Gasteiger partial charge >= 0.3 is 0 Å². The number of amides is 1. The molecule has 28 heavy (non-hydrogen) atoms. The topological polar surface area (TPSA) is 59.8 Å². The summed E-state index contributed by atoms with van der Waals surface area (Å²) in [6.45, 7) is 5.54. The van der Waals surface area contributed by atoms with Crippen LogP contribution in [0.3, 0.4) is 0 Å². The maximum Gasteiger partial charge on any atom is 0.252 e. The molecule has 4 rings (SSSR count). The van der Waals surface area contributed by atoms with Crippen molar-refractivity contribution >= 4 is 28.1 Å². The summed E-state index contributed by atoms with van der Waals surface area (Å²) < 4.78 is 2.01. The lowest BCUT2D eigenvalue weighted by molar-refractivity contribution is 0.0954. The van der Waals surface area contributed by atoms with E-state index in [1.54, 1.807) is 23.9 Å². The minimum Gasteiger partial charge on any atom is -0.352 e. The van der Waals surface area contributed by atoms with Crippen molar-refractivity contribution in [2.75, 3.05) is 6.54 Å². The van der Waals surface area contributed by atoms with Crippen LogP contribution < -0.4 is 5.32 Å². The van der Waals surface area contributed by atoms with E-state index in [0.29, 0.717) is 12.1 Å². The van der Waals surface area contributed by atoms with Gasteiger partial charge in [0, 0.05) is 30.9 Å².